The molecule has 2 rings (SSSR count). The van der Waals surface area contributed by atoms with Crippen molar-refractivity contribution in [2.45, 2.75) is 36.2 Å². The third kappa shape index (κ3) is 2.59. The quantitative estimate of drug-likeness (QED) is 0.585. The number of nitrogens with two attached hydrogens (primary N) is 1. The van der Waals surface area contributed by atoms with Crippen LogP contribution in [0.1, 0.15) is 25.7 Å². The molecule has 0 saturated heterocycles. The Labute approximate surface area is 99.5 Å². The molecule has 0 atom stereocenters. The lowest BCUT2D eigenvalue weighted by molar-refractivity contribution is 0.0532. The van der Waals surface area contributed by atoms with Gasteiger partial charge in [-0.3, -0.25) is 5.10 Å². The van der Waals surface area contributed by atoms with E-state index in [9.17, 15) is 13.5 Å². The summed E-state index contributed by atoms with van der Waals surface area (Å²) in [5.41, 5.74) is 4.52. The number of nitrogens with zero attached hydrogens (tertiary/aromatic N) is 1. The van der Waals surface area contributed by atoms with E-state index in [0.29, 0.717) is 12.8 Å². The topological polar surface area (TPSA) is 121 Å². The number of anilines is 1. The molecule has 1 fully saturated rings. The molecule has 17 heavy (non-hydrogen) atoms. The van der Waals surface area contributed by atoms with Crippen molar-refractivity contribution < 1.29 is 13.5 Å². The van der Waals surface area contributed by atoms with E-state index in [2.05, 4.69) is 14.9 Å². The van der Waals surface area contributed by atoms with Gasteiger partial charge in [-0.2, -0.15) is 5.10 Å². The fourth-order valence-corrected chi connectivity index (χ4v) is 3.16. The van der Waals surface area contributed by atoms with Crippen LogP contribution < -0.4 is 10.5 Å². The lowest BCUT2D eigenvalue weighted by atomic mass is 10.0. The molecule has 0 spiro atoms. The van der Waals surface area contributed by atoms with Crippen molar-refractivity contribution in [1.82, 2.24) is 14.9 Å². The number of hydrogen-bond acceptors (Lipinski definition) is 5. The van der Waals surface area contributed by atoms with E-state index in [4.69, 9.17) is 5.73 Å². The Hall–Kier alpha value is -1.12. The average Bonchev–Trinajstić information content (AvgIpc) is 2.86. The summed E-state index contributed by atoms with van der Waals surface area (Å²) >= 11 is 0. The number of hydrogen-bond donors (Lipinski definition) is 4. The zero-order valence-corrected chi connectivity index (χ0v) is 10.1. The molecule has 0 aromatic carbocycles. The SMILES string of the molecule is Nc1[nH]ncc1S(=O)(=O)NCC1(O)CCCC1. The Bertz CT molecular complexity index is 490. The molecule has 7 nitrogen and oxygen atoms in total. The summed E-state index contributed by atoms with van der Waals surface area (Å²) in [5, 5.41) is 16.0. The van der Waals surface area contributed by atoms with Crippen molar-refractivity contribution in [3.05, 3.63) is 6.20 Å². The summed E-state index contributed by atoms with van der Waals surface area (Å²) in [5.74, 6) is -0.00379. The smallest absolute Gasteiger partial charge is 0.245 e. The molecule has 1 aromatic heterocycles. The van der Waals surface area contributed by atoms with Crippen LogP contribution in [0.4, 0.5) is 5.82 Å². The van der Waals surface area contributed by atoms with E-state index in [1.165, 1.54) is 0 Å². The number of rotatable bonds is 4. The van der Waals surface area contributed by atoms with E-state index in [0.717, 1.165) is 19.0 Å². The van der Waals surface area contributed by atoms with Crippen molar-refractivity contribution in [2.75, 3.05) is 12.3 Å². The highest BCUT2D eigenvalue weighted by Crippen LogP contribution is 2.29. The molecule has 5 N–H and O–H groups in total. The minimum absolute atomic E-state index is 0.00379. The zero-order valence-electron chi connectivity index (χ0n) is 9.31. The van der Waals surface area contributed by atoms with Crippen molar-refractivity contribution in [1.29, 1.82) is 0 Å². The van der Waals surface area contributed by atoms with Gasteiger partial charge in [0.15, 0.2) is 0 Å². The van der Waals surface area contributed by atoms with Crippen LogP contribution in [0.3, 0.4) is 0 Å². The summed E-state index contributed by atoms with van der Waals surface area (Å²) in [4.78, 5) is -0.0842. The second-order valence-electron chi connectivity index (χ2n) is 4.40. The van der Waals surface area contributed by atoms with Crippen LogP contribution in [-0.2, 0) is 10.0 Å². The average molecular weight is 260 g/mol. The van der Waals surface area contributed by atoms with Crippen molar-refractivity contribution in [3.63, 3.8) is 0 Å². The van der Waals surface area contributed by atoms with Crippen LogP contribution >= 0.6 is 0 Å². The number of aromatic nitrogens is 2. The van der Waals surface area contributed by atoms with Crippen LogP contribution in [0.2, 0.25) is 0 Å². The molecular formula is C9H16N4O3S. The van der Waals surface area contributed by atoms with Gasteiger partial charge in [-0.1, -0.05) is 12.8 Å². The number of H-pyrrole nitrogens is 1. The molecule has 0 aliphatic heterocycles. The fourth-order valence-electron chi connectivity index (χ4n) is 2.02. The predicted molar refractivity (Wildman–Crippen MR) is 61.6 cm³/mol. The van der Waals surface area contributed by atoms with E-state index < -0.39 is 15.6 Å². The van der Waals surface area contributed by atoms with Crippen molar-refractivity contribution >= 4 is 15.8 Å². The molecule has 8 heteroatoms. The van der Waals surface area contributed by atoms with Gasteiger partial charge in [0.2, 0.25) is 10.0 Å². The highest BCUT2D eigenvalue weighted by molar-refractivity contribution is 7.89. The fraction of sp³-hybridized carbons (Fsp3) is 0.667. The maximum Gasteiger partial charge on any atom is 0.245 e. The maximum atomic E-state index is 11.9. The molecule has 0 radical (unpaired) electrons. The van der Waals surface area contributed by atoms with Gasteiger partial charge in [0.1, 0.15) is 10.7 Å². The number of nitrogens with one attached hydrogen (secondary N) is 2. The molecule has 1 saturated carbocycles. The van der Waals surface area contributed by atoms with Crippen molar-refractivity contribution in [3.8, 4) is 0 Å². The van der Waals surface area contributed by atoms with E-state index in [1.54, 1.807) is 0 Å². The van der Waals surface area contributed by atoms with Crippen LogP contribution in [-0.4, -0.2) is 35.9 Å². The Morgan fingerprint density at radius 3 is 2.71 bits per heavy atom. The normalized spacial score (nSPS) is 19.6. The van der Waals surface area contributed by atoms with Gasteiger partial charge in [-0.15, -0.1) is 0 Å². The largest absolute Gasteiger partial charge is 0.389 e. The molecule has 0 unspecified atom stereocenters. The highest BCUT2D eigenvalue weighted by atomic mass is 32.2. The van der Waals surface area contributed by atoms with Crippen LogP contribution in [0.25, 0.3) is 0 Å². The molecule has 1 heterocycles. The first-order valence-electron chi connectivity index (χ1n) is 5.44. The van der Waals surface area contributed by atoms with E-state index >= 15 is 0 Å². The minimum Gasteiger partial charge on any atom is -0.389 e. The van der Waals surface area contributed by atoms with E-state index in [1.807, 2.05) is 0 Å². The van der Waals surface area contributed by atoms with Gasteiger partial charge in [0, 0.05) is 6.54 Å². The van der Waals surface area contributed by atoms with Gasteiger partial charge < -0.3 is 10.8 Å². The molecule has 0 amide bonds. The lowest BCUT2D eigenvalue weighted by Gasteiger charge is -2.22. The van der Waals surface area contributed by atoms with Gasteiger partial charge in [-0.05, 0) is 12.8 Å². The molecule has 0 bridgehead atoms. The Morgan fingerprint density at radius 2 is 2.18 bits per heavy atom. The van der Waals surface area contributed by atoms with Gasteiger partial charge in [-0.25, -0.2) is 13.1 Å². The Balaban J connectivity index is 2.06. The Morgan fingerprint density at radius 1 is 1.53 bits per heavy atom. The number of nitrogen functional groups attached to an aromatic ring is 1. The molecular weight excluding hydrogens is 244 g/mol. The second kappa shape index (κ2) is 4.28. The second-order valence-corrected chi connectivity index (χ2v) is 6.14. The number of aromatic amines is 1. The first kappa shape index (κ1) is 12.3. The third-order valence-electron chi connectivity index (χ3n) is 3.05. The summed E-state index contributed by atoms with van der Waals surface area (Å²) in [6.45, 7) is 0.0138. The molecule has 1 aliphatic rings. The van der Waals surface area contributed by atoms with E-state index in [-0.39, 0.29) is 17.3 Å². The van der Waals surface area contributed by atoms with Gasteiger partial charge in [0.05, 0.1) is 11.8 Å². The summed E-state index contributed by atoms with van der Waals surface area (Å²) in [7, 11) is -3.70. The first-order chi connectivity index (χ1) is 7.93. The van der Waals surface area contributed by atoms with Crippen LogP contribution in [0.5, 0.6) is 0 Å². The molecule has 1 aliphatic carbocycles. The van der Waals surface area contributed by atoms with Gasteiger partial charge >= 0.3 is 0 Å². The minimum atomic E-state index is -3.70. The highest BCUT2D eigenvalue weighted by Gasteiger charge is 2.33. The van der Waals surface area contributed by atoms with Crippen LogP contribution in [0.15, 0.2) is 11.1 Å². The standard InChI is InChI=1S/C9H16N4O3S/c10-8-7(5-11-13-8)17(15,16)12-6-9(14)3-1-2-4-9/h5,12,14H,1-4,6H2,(H3,10,11,13). The molecule has 1 aromatic rings. The van der Waals surface area contributed by atoms with Crippen LogP contribution in [0, 0.1) is 0 Å². The third-order valence-corrected chi connectivity index (χ3v) is 4.48. The monoisotopic (exact) mass is 260 g/mol. The first-order valence-corrected chi connectivity index (χ1v) is 6.92. The van der Waals surface area contributed by atoms with Gasteiger partial charge in [0.25, 0.3) is 0 Å². The summed E-state index contributed by atoms with van der Waals surface area (Å²) in [6, 6.07) is 0. The lowest BCUT2D eigenvalue weighted by Crippen LogP contribution is -2.40. The number of sulfonamides is 1. The molecule has 96 valence electrons. The zero-order chi connectivity index (χ0) is 12.5. The summed E-state index contributed by atoms with van der Waals surface area (Å²) in [6.07, 6.45) is 4.24. The Kier molecular flexibility index (Phi) is 3.11. The summed E-state index contributed by atoms with van der Waals surface area (Å²) < 4.78 is 26.1. The maximum absolute atomic E-state index is 11.9. The number of aliphatic hydroxyl groups is 1. The van der Waals surface area contributed by atoms with Crippen molar-refractivity contribution in [2.24, 2.45) is 0 Å². The predicted octanol–water partition coefficient (Wildman–Crippen LogP) is -0.425.